The maximum absolute atomic E-state index is 13.1. The average molecular weight is 425 g/mol. The van der Waals surface area contributed by atoms with Crippen molar-refractivity contribution in [1.82, 2.24) is 19.1 Å². The Morgan fingerprint density at radius 2 is 1.73 bits per heavy atom. The highest BCUT2D eigenvalue weighted by atomic mass is 35.5. The quantitative estimate of drug-likeness (QED) is 0.334. The summed E-state index contributed by atoms with van der Waals surface area (Å²) < 4.78 is 2.89. The Kier molecular flexibility index (Phi) is 6.04. The smallest absolute Gasteiger partial charge is 0.323 e. The monoisotopic (exact) mass is 424 g/mol. The number of hydrogen-bond acceptors (Lipinski definition) is 3. The Labute approximate surface area is 179 Å². The lowest BCUT2D eigenvalue weighted by molar-refractivity contribution is 0.526. The summed E-state index contributed by atoms with van der Waals surface area (Å²) in [5.74, 6) is 0. The number of aromatic amines is 1. The summed E-state index contributed by atoms with van der Waals surface area (Å²) in [6, 6.07) is 14.5. The maximum Gasteiger partial charge on any atom is 0.332 e. The van der Waals surface area contributed by atoms with Gasteiger partial charge in [-0.05, 0) is 47.2 Å². The van der Waals surface area contributed by atoms with E-state index in [0.29, 0.717) is 30.7 Å². The van der Waals surface area contributed by atoms with Crippen molar-refractivity contribution < 1.29 is 0 Å². The average Bonchev–Trinajstić information content (AvgIpc) is 3.14. The van der Waals surface area contributed by atoms with Crippen LogP contribution in [-0.4, -0.2) is 19.1 Å². The van der Waals surface area contributed by atoms with Crippen molar-refractivity contribution in [2.24, 2.45) is 0 Å². The van der Waals surface area contributed by atoms with Crippen LogP contribution in [0.5, 0.6) is 0 Å². The molecule has 2 aromatic carbocycles. The Bertz CT molecular complexity index is 1300. The molecule has 0 saturated carbocycles. The molecule has 0 unspecified atom stereocenters. The molecule has 0 amide bonds. The number of imidazole rings is 1. The van der Waals surface area contributed by atoms with Crippen molar-refractivity contribution in [2.75, 3.05) is 0 Å². The van der Waals surface area contributed by atoms with Crippen LogP contribution in [0.2, 0.25) is 5.28 Å². The summed E-state index contributed by atoms with van der Waals surface area (Å²) in [5.41, 5.74) is 1.18. The Morgan fingerprint density at radius 3 is 2.57 bits per heavy atom. The number of nitrogens with zero attached hydrogens (tertiary/aromatic N) is 3. The second kappa shape index (κ2) is 8.88. The third kappa shape index (κ3) is 3.92. The van der Waals surface area contributed by atoms with E-state index >= 15 is 0 Å². The van der Waals surface area contributed by atoms with Crippen molar-refractivity contribution >= 4 is 33.5 Å². The molecule has 6 nitrogen and oxygen atoms in total. The molecule has 0 fully saturated rings. The molecule has 4 rings (SSSR count). The van der Waals surface area contributed by atoms with Crippen LogP contribution in [0.3, 0.4) is 0 Å². The molecule has 0 saturated heterocycles. The zero-order chi connectivity index (χ0) is 21.1. The number of nitrogens with one attached hydrogen (secondary N) is 1. The molecular formula is C23H25ClN4O2. The Hall–Kier alpha value is -2.86. The molecule has 30 heavy (non-hydrogen) atoms. The third-order valence-electron chi connectivity index (χ3n) is 5.53. The number of aromatic nitrogens is 4. The van der Waals surface area contributed by atoms with Gasteiger partial charge in [0, 0.05) is 13.1 Å². The van der Waals surface area contributed by atoms with Gasteiger partial charge in [-0.25, -0.2) is 4.79 Å². The van der Waals surface area contributed by atoms with Gasteiger partial charge in [0.15, 0.2) is 11.2 Å². The van der Waals surface area contributed by atoms with Crippen molar-refractivity contribution in [3.63, 3.8) is 0 Å². The molecule has 0 aliphatic heterocycles. The van der Waals surface area contributed by atoms with Gasteiger partial charge in [0.1, 0.15) is 0 Å². The van der Waals surface area contributed by atoms with Gasteiger partial charge in [-0.3, -0.25) is 13.9 Å². The van der Waals surface area contributed by atoms with E-state index in [4.69, 9.17) is 11.6 Å². The highest BCUT2D eigenvalue weighted by Gasteiger charge is 2.16. The van der Waals surface area contributed by atoms with Crippen LogP contribution < -0.4 is 11.2 Å². The fourth-order valence-electron chi connectivity index (χ4n) is 4.00. The predicted molar refractivity (Wildman–Crippen MR) is 121 cm³/mol. The standard InChI is InChI=1S/C23H25ClN4O2/c1-2-3-6-14-27-20-19(25-22(24)26-20)21(29)28(23(27)30)15-8-12-17-11-7-10-16-9-4-5-13-18(16)17/h4-5,7,9-11,13H,2-3,6,8,12,14-15H2,1H3,(H,25,26). The zero-order valence-electron chi connectivity index (χ0n) is 17.0. The summed E-state index contributed by atoms with van der Waals surface area (Å²) >= 11 is 6.00. The van der Waals surface area contributed by atoms with Crippen molar-refractivity contribution in [3.8, 4) is 0 Å². The summed E-state index contributed by atoms with van der Waals surface area (Å²) in [7, 11) is 0. The van der Waals surface area contributed by atoms with Crippen LogP contribution in [0.4, 0.5) is 0 Å². The van der Waals surface area contributed by atoms with Crippen LogP contribution in [0.25, 0.3) is 21.9 Å². The van der Waals surface area contributed by atoms with Crippen molar-refractivity contribution in [3.05, 3.63) is 74.1 Å². The van der Waals surface area contributed by atoms with Crippen LogP contribution in [0.15, 0.2) is 52.1 Å². The number of benzene rings is 2. The second-order valence-corrected chi connectivity index (χ2v) is 7.92. The number of halogens is 1. The SMILES string of the molecule is CCCCCn1c(=O)n(CCCc2cccc3ccccc23)c(=O)c2[nH]c(Cl)nc21. The van der Waals surface area contributed by atoms with Gasteiger partial charge < -0.3 is 4.98 Å². The summed E-state index contributed by atoms with van der Waals surface area (Å²) in [5, 5.41) is 2.53. The Balaban J connectivity index is 1.63. The lowest BCUT2D eigenvalue weighted by Gasteiger charge is -2.12. The van der Waals surface area contributed by atoms with Gasteiger partial charge in [-0.15, -0.1) is 0 Å². The van der Waals surface area contributed by atoms with Gasteiger partial charge in [0.05, 0.1) is 0 Å². The molecule has 2 aromatic heterocycles. The van der Waals surface area contributed by atoms with Gasteiger partial charge >= 0.3 is 5.69 Å². The molecule has 0 bridgehead atoms. The van der Waals surface area contributed by atoms with E-state index in [-0.39, 0.29) is 16.5 Å². The molecule has 0 atom stereocenters. The van der Waals surface area contributed by atoms with E-state index in [0.717, 1.165) is 25.7 Å². The number of rotatable bonds is 8. The Morgan fingerprint density at radius 1 is 0.967 bits per heavy atom. The van der Waals surface area contributed by atoms with Crippen molar-refractivity contribution in [1.29, 1.82) is 0 Å². The number of aryl methyl sites for hydroxylation is 2. The molecule has 2 heterocycles. The molecule has 0 aliphatic carbocycles. The summed E-state index contributed by atoms with van der Waals surface area (Å²) in [6.45, 7) is 2.98. The lowest BCUT2D eigenvalue weighted by atomic mass is 10.0. The minimum atomic E-state index is -0.362. The third-order valence-corrected chi connectivity index (χ3v) is 5.70. The highest BCUT2D eigenvalue weighted by molar-refractivity contribution is 6.28. The first-order chi connectivity index (χ1) is 14.6. The van der Waals surface area contributed by atoms with Crippen LogP contribution in [0, 0.1) is 0 Å². The zero-order valence-corrected chi connectivity index (χ0v) is 17.8. The van der Waals surface area contributed by atoms with E-state index in [1.54, 1.807) is 4.57 Å². The summed E-state index contributed by atoms with van der Waals surface area (Å²) in [4.78, 5) is 33.0. The van der Waals surface area contributed by atoms with Gasteiger partial charge in [0.25, 0.3) is 5.56 Å². The molecular weight excluding hydrogens is 400 g/mol. The molecule has 0 aliphatic rings. The van der Waals surface area contributed by atoms with Gasteiger partial charge in [-0.2, -0.15) is 4.98 Å². The van der Waals surface area contributed by atoms with Crippen molar-refractivity contribution in [2.45, 2.75) is 52.1 Å². The van der Waals surface area contributed by atoms with E-state index in [1.165, 1.54) is 20.9 Å². The molecule has 0 radical (unpaired) electrons. The van der Waals surface area contributed by atoms with Crippen LogP contribution in [0.1, 0.15) is 38.2 Å². The van der Waals surface area contributed by atoms with Crippen LogP contribution in [-0.2, 0) is 19.5 Å². The number of H-pyrrole nitrogens is 1. The maximum atomic E-state index is 13.1. The normalized spacial score (nSPS) is 11.5. The highest BCUT2D eigenvalue weighted by Crippen LogP contribution is 2.20. The van der Waals surface area contributed by atoms with E-state index in [2.05, 4.69) is 41.2 Å². The molecule has 7 heteroatoms. The first-order valence-electron chi connectivity index (χ1n) is 10.5. The second-order valence-electron chi connectivity index (χ2n) is 7.57. The fraction of sp³-hybridized carbons (Fsp3) is 0.348. The first kappa shape index (κ1) is 20.4. The number of unbranched alkanes of at least 4 members (excludes halogenated alkanes) is 2. The van der Waals surface area contributed by atoms with Gasteiger partial charge in [-0.1, -0.05) is 62.2 Å². The molecule has 156 valence electrons. The summed E-state index contributed by atoms with van der Waals surface area (Å²) in [6.07, 6.45) is 4.37. The minimum Gasteiger partial charge on any atom is -0.323 e. The first-order valence-corrected chi connectivity index (χ1v) is 10.8. The van der Waals surface area contributed by atoms with Crippen LogP contribution >= 0.6 is 11.6 Å². The lowest BCUT2D eigenvalue weighted by Crippen LogP contribution is -2.40. The van der Waals surface area contributed by atoms with E-state index < -0.39 is 0 Å². The van der Waals surface area contributed by atoms with E-state index in [1.807, 2.05) is 18.2 Å². The van der Waals surface area contributed by atoms with Gasteiger partial charge in [0.2, 0.25) is 5.28 Å². The number of fused-ring (bicyclic) bond motifs is 2. The molecule has 1 N–H and O–H groups in total. The topological polar surface area (TPSA) is 72.7 Å². The minimum absolute atomic E-state index is 0.124. The largest absolute Gasteiger partial charge is 0.332 e. The van der Waals surface area contributed by atoms with E-state index in [9.17, 15) is 9.59 Å². The number of hydrogen-bond donors (Lipinski definition) is 1. The molecule has 4 aromatic rings. The molecule has 0 spiro atoms. The fourth-order valence-corrected chi connectivity index (χ4v) is 4.17. The predicted octanol–water partition coefficient (Wildman–Crippen LogP) is 4.52.